The Morgan fingerprint density at radius 2 is 2.45 bits per heavy atom. The molecule has 1 aliphatic carbocycles. The molecular formula is C8H10N2O. The summed E-state index contributed by atoms with van der Waals surface area (Å²) in [7, 11) is 0. The van der Waals surface area contributed by atoms with Crippen LogP contribution in [0.3, 0.4) is 0 Å². The first-order valence-electron chi connectivity index (χ1n) is 3.56. The topological polar surface area (TPSA) is 53.3 Å². The van der Waals surface area contributed by atoms with Gasteiger partial charge in [0, 0.05) is 12.1 Å². The summed E-state index contributed by atoms with van der Waals surface area (Å²) < 4.78 is 0. The lowest BCUT2D eigenvalue weighted by atomic mass is 10.0. The van der Waals surface area contributed by atoms with Gasteiger partial charge in [-0.3, -0.25) is 0 Å². The van der Waals surface area contributed by atoms with Gasteiger partial charge in [0.15, 0.2) is 0 Å². The number of rotatable bonds is 3. The molecule has 0 atom stereocenters. The van der Waals surface area contributed by atoms with Crippen molar-refractivity contribution in [3.63, 3.8) is 0 Å². The van der Waals surface area contributed by atoms with Gasteiger partial charge >= 0.3 is 0 Å². The number of hydrogen-bond donors (Lipinski definition) is 1. The van der Waals surface area contributed by atoms with Gasteiger partial charge in [-0.05, 0) is 18.1 Å². The van der Waals surface area contributed by atoms with Crippen LogP contribution < -0.4 is 0 Å². The van der Waals surface area contributed by atoms with Gasteiger partial charge in [-0.1, -0.05) is 17.3 Å². The van der Waals surface area contributed by atoms with Crippen molar-refractivity contribution in [2.24, 2.45) is 5.18 Å². The maximum Gasteiger partial charge on any atom is 0.0851 e. The molecular weight excluding hydrogens is 140 g/mol. The second-order valence-corrected chi connectivity index (χ2v) is 2.45. The van der Waals surface area contributed by atoms with E-state index in [9.17, 15) is 4.91 Å². The summed E-state index contributed by atoms with van der Waals surface area (Å²) in [6.45, 7) is 0.309. The SMILES string of the molecule is N=C1C=C(CCN=O)C=CC1. The first-order valence-corrected chi connectivity index (χ1v) is 3.56. The van der Waals surface area contributed by atoms with E-state index in [-0.39, 0.29) is 0 Å². The van der Waals surface area contributed by atoms with Crippen LogP contribution in [0.4, 0.5) is 0 Å². The molecule has 1 aliphatic rings. The highest BCUT2D eigenvalue weighted by atomic mass is 16.3. The highest BCUT2D eigenvalue weighted by Crippen LogP contribution is 2.10. The minimum absolute atomic E-state index is 0.309. The highest BCUT2D eigenvalue weighted by Gasteiger charge is 2.00. The summed E-state index contributed by atoms with van der Waals surface area (Å²) in [5.41, 5.74) is 1.63. The van der Waals surface area contributed by atoms with E-state index < -0.39 is 0 Å². The standard InChI is InChI=1S/C8H10N2O/c9-8-3-1-2-7(6-8)4-5-10-11/h1-2,6,9H,3-5H2. The minimum atomic E-state index is 0.309. The zero-order valence-corrected chi connectivity index (χ0v) is 6.21. The fourth-order valence-electron chi connectivity index (χ4n) is 0.998. The summed E-state index contributed by atoms with van der Waals surface area (Å²) in [6, 6.07) is 0. The Morgan fingerprint density at radius 1 is 1.64 bits per heavy atom. The van der Waals surface area contributed by atoms with E-state index in [1.165, 1.54) is 0 Å². The van der Waals surface area contributed by atoms with Gasteiger partial charge in [-0.2, -0.15) is 4.91 Å². The van der Waals surface area contributed by atoms with Gasteiger partial charge in [0.05, 0.1) is 6.54 Å². The quantitative estimate of drug-likeness (QED) is 0.615. The molecule has 0 radical (unpaired) electrons. The molecule has 0 aromatic carbocycles. The van der Waals surface area contributed by atoms with Crippen LogP contribution in [-0.2, 0) is 0 Å². The van der Waals surface area contributed by atoms with Gasteiger partial charge in [-0.15, -0.1) is 0 Å². The van der Waals surface area contributed by atoms with Crippen molar-refractivity contribution >= 4 is 5.71 Å². The van der Waals surface area contributed by atoms with Crippen molar-refractivity contribution in [1.29, 1.82) is 5.41 Å². The Balaban J connectivity index is 2.50. The van der Waals surface area contributed by atoms with Crippen molar-refractivity contribution < 1.29 is 0 Å². The average Bonchev–Trinajstić information content (AvgIpc) is 2.01. The molecule has 0 aromatic heterocycles. The first-order chi connectivity index (χ1) is 5.33. The lowest BCUT2D eigenvalue weighted by molar-refractivity contribution is 0.962. The number of nitrogens with zero attached hydrogens (tertiary/aromatic N) is 1. The van der Waals surface area contributed by atoms with Gasteiger partial charge in [-0.25, -0.2) is 0 Å². The van der Waals surface area contributed by atoms with Gasteiger partial charge < -0.3 is 5.41 Å². The van der Waals surface area contributed by atoms with E-state index in [1.54, 1.807) is 6.08 Å². The zero-order chi connectivity index (χ0) is 8.10. The minimum Gasteiger partial charge on any atom is -0.305 e. The largest absolute Gasteiger partial charge is 0.305 e. The molecule has 0 saturated carbocycles. The Morgan fingerprint density at radius 3 is 3.09 bits per heavy atom. The van der Waals surface area contributed by atoms with Gasteiger partial charge in [0.2, 0.25) is 0 Å². The van der Waals surface area contributed by atoms with E-state index in [2.05, 4.69) is 5.18 Å². The van der Waals surface area contributed by atoms with Crippen LogP contribution in [0.1, 0.15) is 12.8 Å². The average molecular weight is 150 g/mol. The van der Waals surface area contributed by atoms with Crippen LogP contribution >= 0.6 is 0 Å². The molecule has 0 fully saturated rings. The highest BCUT2D eigenvalue weighted by molar-refractivity contribution is 5.95. The fraction of sp³-hybridized carbons (Fsp3) is 0.375. The molecule has 0 bridgehead atoms. The maximum atomic E-state index is 9.77. The third kappa shape index (κ3) is 2.45. The molecule has 3 nitrogen and oxygen atoms in total. The number of allylic oxidation sites excluding steroid dienone is 3. The molecule has 11 heavy (non-hydrogen) atoms. The lowest BCUT2D eigenvalue weighted by Gasteiger charge is -2.04. The van der Waals surface area contributed by atoms with E-state index in [0.717, 1.165) is 5.57 Å². The molecule has 0 heterocycles. The van der Waals surface area contributed by atoms with Gasteiger partial charge in [0.25, 0.3) is 0 Å². The van der Waals surface area contributed by atoms with Crippen molar-refractivity contribution in [2.75, 3.05) is 6.54 Å². The van der Waals surface area contributed by atoms with Crippen LogP contribution in [0.15, 0.2) is 29.0 Å². The Hall–Kier alpha value is -1.25. The van der Waals surface area contributed by atoms with E-state index in [4.69, 9.17) is 5.41 Å². The second kappa shape index (κ2) is 3.81. The predicted octanol–water partition coefficient (Wildman–Crippen LogP) is 2.05. The van der Waals surface area contributed by atoms with Crippen molar-refractivity contribution in [3.8, 4) is 0 Å². The van der Waals surface area contributed by atoms with Crippen LogP contribution in [-0.4, -0.2) is 12.3 Å². The van der Waals surface area contributed by atoms with Crippen LogP contribution in [0.5, 0.6) is 0 Å². The molecule has 58 valence electrons. The number of nitrogens with one attached hydrogen (secondary N) is 1. The van der Waals surface area contributed by atoms with Crippen LogP contribution in [0.25, 0.3) is 0 Å². The second-order valence-electron chi connectivity index (χ2n) is 2.45. The van der Waals surface area contributed by atoms with Crippen LogP contribution in [0.2, 0.25) is 0 Å². The molecule has 0 aliphatic heterocycles. The maximum absolute atomic E-state index is 9.77. The summed E-state index contributed by atoms with van der Waals surface area (Å²) in [6.07, 6.45) is 7.04. The first kappa shape index (κ1) is 7.85. The van der Waals surface area contributed by atoms with Crippen molar-refractivity contribution in [1.82, 2.24) is 0 Å². The van der Waals surface area contributed by atoms with Gasteiger partial charge in [0.1, 0.15) is 0 Å². The molecule has 0 amide bonds. The molecule has 0 saturated heterocycles. The normalized spacial score (nSPS) is 16.4. The van der Waals surface area contributed by atoms with Crippen LogP contribution in [0, 0.1) is 10.3 Å². The Kier molecular flexibility index (Phi) is 2.72. The third-order valence-electron chi connectivity index (χ3n) is 1.52. The fourth-order valence-corrected chi connectivity index (χ4v) is 0.998. The monoisotopic (exact) mass is 150 g/mol. The zero-order valence-electron chi connectivity index (χ0n) is 6.21. The molecule has 0 spiro atoms. The summed E-state index contributed by atoms with van der Waals surface area (Å²) in [5, 5.41) is 10.1. The molecule has 3 heteroatoms. The van der Waals surface area contributed by atoms with E-state index >= 15 is 0 Å². The summed E-state index contributed by atoms with van der Waals surface area (Å²) in [5.74, 6) is 0. The molecule has 1 N–H and O–H groups in total. The van der Waals surface area contributed by atoms with Crippen molar-refractivity contribution in [3.05, 3.63) is 28.7 Å². The molecule has 0 aromatic rings. The summed E-state index contributed by atoms with van der Waals surface area (Å²) >= 11 is 0. The third-order valence-corrected chi connectivity index (χ3v) is 1.52. The lowest BCUT2D eigenvalue weighted by Crippen LogP contribution is -1.97. The predicted molar refractivity (Wildman–Crippen MR) is 44.8 cm³/mol. The number of nitroso groups, excluding NO2 is 1. The van der Waals surface area contributed by atoms with E-state index in [0.29, 0.717) is 25.1 Å². The van der Waals surface area contributed by atoms with Crippen molar-refractivity contribution in [2.45, 2.75) is 12.8 Å². The Bertz CT molecular complexity index is 228. The molecule has 0 unspecified atom stereocenters. The smallest absolute Gasteiger partial charge is 0.0851 e. The number of hydrogen-bond acceptors (Lipinski definition) is 3. The molecule has 1 rings (SSSR count). The Labute approximate surface area is 65.3 Å². The van der Waals surface area contributed by atoms with E-state index in [1.807, 2.05) is 12.2 Å². The summed E-state index contributed by atoms with van der Waals surface area (Å²) in [4.78, 5) is 9.77.